The van der Waals surface area contributed by atoms with Gasteiger partial charge in [0.05, 0.1) is 36.4 Å². The quantitative estimate of drug-likeness (QED) is 0.801. The first-order chi connectivity index (χ1) is 10.9. The van der Waals surface area contributed by atoms with Crippen molar-refractivity contribution in [2.45, 2.75) is 6.42 Å². The largest absolute Gasteiger partial charge is 0.497 e. The summed E-state index contributed by atoms with van der Waals surface area (Å²) in [6.45, 7) is 0. The number of halogens is 2. The zero-order chi connectivity index (χ0) is 17.0. The summed E-state index contributed by atoms with van der Waals surface area (Å²) in [6.07, 6.45) is 0.111. The molecule has 0 aliphatic carbocycles. The Balaban J connectivity index is 2.16. The predicted octanol–water partition coefficient (Wildman–Crippen LogP) is 3.77. The maximum absolute atomic E-state index is 12.2. The predicted molar refractivity (Wildman–Crippen MR) is 92.8 cm³/mol. The number of carbonyl (C=O) groups is 1. The molecule has 5 nitrogen and oxygen atoms in total. The first-order valence-corrected chi connectivity index (χ1v) is 7.45. The molecular weight excluding hydrogens is 339 g/mol. The van der Waals surface area contributed by atoms with Gasteiger partial charge in [0.2, 0.25) is 5.91 Å². The second-order valence-corrected chi connectivity index (χ2v) is 5.57. The fraction of sp³-hybridized carbons (Fsp3) is 0.188. The zero-order valence-electron chi connectivity index (χ0n) is 12.7. The van der Waals surface area contributed by atoms with Crippen molar-refractivity contribution >= 4 is 40.5 Å². The molecule has 2 aromatic carbocycles. The average Bonchev–Trinajstić information content (AvgIpc) is 2.52. The molecule has 0 heterocycles. The van der Waals surface area contributed by atoms with Crippen LogP contribution in [-0.4, -0.2) is 20.1 Å². The summed E-state index contributed by atoms with van der Waals surface area (Å²) in [7, 11) is 3.10. The van der Waals surface area contributed by atoms with E-state index in [2.05, 4.69) is 5.32 Å². The number of hydrogen-bond donors (Lipinski definition) is 2. The molecule has 0 radical (unpaired) electrons. The van der Waals surface area contributed by atoms with E-state index in [0.29, 0.717) is 22.7 Å². The lowest BCUT2D eigenvalue weighted by Gasteiger charge is -2.12. The van der Waals surface area contributed by atoms with Crippen molar-refractivity contribution in [3.63, 3.8) is 0 Å². The lowest BCUT2D eigenvalue weighted by molar-refractivity contribution is -0.115. The Kier molecular flexibility index (Phi) is 5.58. The zero-order valence-corrected chi connectivity index (χ0v) is 14.2. The number of nitrogens with two attached hydrogens (primary N) is 1. The van der Waals surface area contributed by atoms with Crippen LogP contribution in [0.1, 0.15) is 5.56 Å². The van der Waals surface area contributed by atoms with Crippen LogP contribution in [0.15, 0.2) is 30.3 Å². The number of carbonyl (C=O) groups excluding carboxylic acids is 1. The highest BCUT2D eigenvalue weighted by atomic mass is 35.5. The molecule has 0 saturated carbocycles. The van der Waals surface area contributed by atoms with E-state index in [1.54, 1.807) is 44.6 Å². The van der Waals surface area contributed by atoms with Gasteiger partial charge in [-0.15, -0.1) is 0 Å². The molecule has 0 atom stereocenters. The summed E-state index contributed by atoms with van der Waals surface area (Å²) < 4.78 is 10.4. The first-order valence-electron chi connectivity index (χ1n) is 6.70. The molecule has 0 bridgehead atoms. The smallest absolute Gasteiger partial charge is 0.228 e. The molecule has 0 unspecified atom stereocenters. The van der Waals surface area contributed by atoms with Crippen LogP contribution in [0, 0.1) is 0 Å². The second kappa shape index (κ2) is 7.44. The van der Waals surface area contributed by atoms with E-state index in [4.69, 9.17) is 38.4 Å². The van der Waals surface area contributed by atoms with Crippen LogP contribution in [0.5, 0.6) is 11.5 Å². The summed E-state index contributed by atoms with van der Waals surface area (Å²) >= 11 is 11.9. The lowest BCUT2D eigenvalue weighted by atomic mass is 10.1. The molecule has 2 aromatic rings. The van der Waals surface area contributed by atoms with E-state index in [9.17, 15) is 4.79 Å². The Morgan fingerprint density at radius 1 is 1.13 bits per heavy atom. The van der Waals surface area contributed by atoms with Gasteiger partial charge in [-0.2, -0.15) is 0 Å². The highest BCUT2D eigenvalue weighted by Gasteiger charge is 2.12. The van der Waals surface area contributed by atoms with Gasteiger partial charge < -0.3 is 20.5 Å². The number of nitrogens with one attached hydrogen (secondary N) is 1. The number of benzene rings is 2. The van der Waals surface area contributed by atoms with E-state index < -0.39 is 0 Å². The minimum absolute atomic E-state index is 0.111. The summed E-state index contributed by atoms with van der Waals surface area (Å²) in [4.78, 5) is 12.2. The molecule has 1 amide bonds. The number of ether oxygens (including phenoxy) is 2. The molecule has 23 heavy (non-hydrogen) atoms. The van der Waals surface area contributed by atoms with Crippen molar-refractivity contribution < 1.29 is 14.3 Å². The van der Waals surface area contributed by atoms with Crippen molar-refractivity contribution in [1.82, 2.24) is 0 Å². The van der Waals surface area contributed by atoms with Crippen molar-refractivity contribution in [3.8, 4) is 11.5 Å². The standard InChI is InChI=1S/C16H16Cl2N2O3/c1-22-11-3-4-14(23-2)9(5-11)6-15(21)20-10-7-12(17)16(19)13(18)8-10/h3-5,7-8H,6,19H2,1-2H3,(H,20,21). The van der Waals surface area contributed by atoms with Crippen molar-refractivity contribution in [2.75, 3.05) is 25.3 Å². The second-order valence-electron chi connectivity index (χ2n) is 4.76. The Morgan fingerprint density at radius 3 is 2.35 bits per heavy atom. The van der Waals surface area contributed by atoms with E-state index in [1.165, 1.54) is 0 Å². The van der Waals surface area contributed by atoms with Crippen molar-refractivity contribution in [1.29, 1.82) is 0 Å². The van der Waals surface area contributed by atoms with E-state index in [-0.39, 0.29) is 28.1 Å². The normalized spacial score (nSPS) is 10.3. The number of anilines is 2. The molecule has 0 aliphatic heterocycles. The minimum Gasteiger partial charge on any atom is -0.497 e. The topological polar surface area (TPSA) is 73.6 Å². The Morgan fingerprint density at radius 2 is 1.78 bits per heavy atom. The van der Waals surface area contributed by atoms with Gasteiger partial charge in [-0.1, -0.05) is 23.2 Å². The number of rotatable bonds is 5. The molecular formula is C16H16Cl2N2O3. The van der Waals surface area contributed by atoms with Crippen molar-refractivity contribution in [2.24, 2.45) is 0 Å². The lowest BCUT2D eigenvalue weighted by Crippen LogP contribution is -2.15. The molecule has 122 valence electrons. The number of amides is 1. The molecule has 2 rings (SSSR count). The maximum Gasteiger partial charge on any atom is 0.228 e. The Hall–Kier alpha value is -2.11. The van der Waals surface area contributed by atoms with Gasteiger partial charge in [0.15, 0.2) is 0 Å². The molecule has 3 N–H and O–H groups in total. The number of hydrogen-bond acceptors (Lipinski definition) is 4. The van der Waals surface area contributed by atoms with Gasteiger partial charge in [0, 0.05) is 11.3 Å². The summed E-state index contributed by atoms with van der Waals surface area (Å²) in [5, 5.41) is 3.30. The van der Waals surface area contributed by atoms with Crippen LogP contribution in [0.4, 0.5) is 11.4 Å². The fourth-order valence-electron chi connectivity index (χ4n) is 2.05. The fourth-order valence-corrected chi connectivity index (χ4v) is 2.54. The average molecular weight is 355 g/mol. The molecule has 7 heteroatoms. The van der Waals surface area contributed by atoms with Crippen LogP contribution in [-0.2, 0) is 11.2 Å². The molecule has 0 fully saturated rings. The number of nitrogen functional groups attached to an aromatic ring is 1. The van der Waals surface area contributed by atoms with E-state index in [1.807, 2.05) is 0 Å². The first kappa shape index (κ1) is 17.2. The van der Waals surface area contributed by atoms with Crippen LogP contribution in [0.3, 0.4) is 0 Å². The highest BCUT2D eigenvalue weighted by Crippen LogP contribution is 2.31. The van der Waals surface area contributed by atoms with Crippen LogP contribution in [0.2, 0.25) is 10.0 Å². The molecule has 0 saturated heterocycles. The Labute approximate surface area is 144 Å². The SMILES string of the molecule is COc1ccc(OC)c(CC(=O)Nc2cc(Cl)c(N)c(Cl)c2)c1. The Bertz CT molecular complexity index is 712. The van der Waals surface area contributed by atoms with Crippen LogP contribution in [0.25, 0.3) is 0 Å². The van der Waals surface area contributed by atoms with Crippen LogP contribution < -0.4 is 20.5 Å². The highest BCUT2D eigenvalue weighted by molar-refractivity contribution is 6.39. The van der Waals surface area contributed by atoms with Gasteiger partial charge in [-0.25, -0.2) is 0 Å². The van der Waals surface area contributed by atoms with Gasteiger partial charge in [-0.05, 0) is 30.3 Å². The maximum atomic E-state index is 12.2. The van der Waals surface area contributed by atoms with Gasteiger partial charge >= 0.3 is 0 Å². The van der Waals surface area contributed by atoms with Gasteiger partial charge in [0.25, 0.3) is 0 Å². The monoisotopic (exact) mass is 354 g/mol. The molecule has 0 spiro atoms. The third-order valence-corrected chi connectivity index (χ3v) is 3.83. The third-order valence-electron chi connectivity index (χ3n) is 3.20. The molecule has 0 aromatic heterocycles. The number of methoxy groups -OCH3 is 2. The van der Waals surface area contributed by atoms with Crippen molar-refractivity contribution in [3.05, 3.63) is 45.9 Å². The molecule has 0 aliphatic rings. The van der Waals surface area contributed by atoms with E-state index >= 15 is 0 Å². The van der Waals surface area contributed by atoms with Gasteiger partial charge in [0.1, 0.15) is 11.5 Å². The summed E-state index contributed by atoms with van der Waals surface area (Å²) in [5.74, 6) is 1.01. The van der Waals surface area contributed by atoms with E-state index in [0.717, 1.165) is 0 Å². The van der Waals surface area contributed by atoms with Crippen LogP contribution >= 0.6 is 23.2 Å². The third kappa shape index (κ3) is 4.21. The minimum atomic E-state index is -0.242. The summed E-state index contributed by atoms with van der Waals surface area (Å²) in [5.41, 5.74) is 7.13. The van der Waals surface area contributed by atoms with Gasteiger partial charge in [-0.3, -0.25) is 4.79 Å². The summed E-state index contributed by atoms with van der Waals surface area (Å²) in [6, 6.07) is 8.35.